The fraction of sp³-hybridized carbons (Fsp3) is 0.273. The van der Waals surface area contributed by atoms with E-state index in [1.807, 2.05) is 37.3 Å². The number of benzene rings is 1. The van der Waals surface area contributed by atoms with Crippen molar-refractivity contribution in [1.29, 1.82) is 0 Å². The van der Waals surface area contributed by atoms with Crippen LogP contribution in [-0.4, -0.2) is 17.8 Å². The molecule has 1 aliphatic heterocycles. The van der Waals surface area contributed by atoms with E-state index in [-0.39, 0.29) is 11.9 Å². The van der Waals surface area contributed by atoms with Crippen LogP contribution in [0.4, 0.5) is 0 Å². The summed E-state index contributed by atoms with van der Waals surface area (Å²) in [5.41, 5.74) is 6.40. The van der Waals surface area contributed by atoms with E-state index in [0.717, 1.165) is 11.4 Å². The van der Waals surface area contributed by atoms with Gasteiger partial charge in [0.25, 0.3) is 5.91 Å². The van der Waals surface area contributed by atoms with Crippen molar-refractivity contribution in [3.63, 3.8) is 0 Å². The van der Waals surface area contributed by atoms with Gasteiger partial charge in [0.2, 0.25) is 0 Å². The number of hydrogen-bond acceptors (Lipinski definition) is 3. The highest BCUT2D eigenvalue weighted by Crippen LogP contribution is 2.07. The van der Waals surface area contributed by atoms with Crippen LogP contribution < -0.4 is 10.9 Å². The normalized spacial score (nSPS) is 20.2. The van der Waals surface area contributed by atoms with E-state index in [2.05, 4.69) is 15.8 Å². The highest BCUT2D eigenvalue weighted by atomic mass is 16.2. The number of amides is 1. The zero-order valence-electron chi connectivity index (χ0n) is 8.53. The molecule has 1 aromatic carbocycles. The molecule has 2 N–H and O–H groups in total. The van der Waals surface area contributed by atoms with Crippen LogP contribution in [-0.2, 0) is 11.2 Å². The van der Waals surface area contributed by atoms with Crippen molar-refractivity contribution in [2.24, 2.45) is 4.99 Å². The van der Waals surface area contributed by atoms with Crippen LogP contribution in [0.15, 0.2) is 35.3 Å². The molecule has 1 heterocycles. The Labute approximate surface area is 88.4 Å². The lowest BCUT2D eigenvalue weighted by atomic mass is 10.1. The molecule has 1 amide bonds. The molecule has 1 atom stereocenters. The first kappa shape index (κ1) is 9.71. The summed E-state index contributed by atoms with van der Waals surface area (Å²) in [7, 11) is 0. The van der Waals surface area contributed by atoms with E-state index >= 15 is 0 Å². The number of amidine groups is 1. The Hall–Kier alpha value is -1.84. The van der Waals surface area contributed by atoms with Crippen LogP contribution in [0.25, 0.3) is 0 Å². The standard InChI is InChI=1S/C11H13N3O/c1-8-12-10(11(15)14-13-8)7-9-5-3-2-4-6-9/h2-6,10H,7H2,1H3,(H,12,13)(H,14,15). The summed E-state index contributed by atoms with van der Waals surface area (Å²) in [6.45, 7) is 1.83. The smallest absolute Gasteiger partial charge is 0.263 e. The first-order valence-corrected chi connectivity index (χ1v) is 4.90. The van der Waals surface area contributed by atoms with Gasteiger partial charge in [-0.15, -0.1) is 0 Å². The Morgan fingerprint density at radius 3 is 2.73 bits per heavy atom. The topological polar surface area (TPSA) is 53.5 Å². The summed E-state index contributed by atoms with van der Waals surface area (Å²) in [5, 5.41) is 0. The summed E-state index contributed by atoms with van der Waals surface area (Å²) in [6.07, 6.45) is 0.645. The maximum Gasteiger partial charge on any atom is 0.263 e. The molecule has 15 heavy (non-hydrogen) atoms. The maximum absolute atomic E-state index is 11.5. The first-order valence-electron chi connectivity index (χ1n) is 4.90. The summed E-state index contributed by atoms with van der Waals surface area (Å²) in [6, 6.07) is 9.57. The molecule has 0 aliphatic carbocycles. The molecule has 0 saturated carbocycles. The number of carbonyl (C=O) groups is 1. The molecule has 1 aromatic rings. The van der Waals surface area contributed by atoms with Gasteiger partial charge in [-0.1, -0.05) is 30.3 Å². The average molecular weight is 203 g/mol. The van der Waals surface area contributed by atoms with Crippen LogP contribution in [0.5, 0.6) is 0 Å². The predicted octanol–water partition coefficient (Wildman–Crippen LogP) is 0.650. The largest absolute Gasteiger partial charge is 0.286 e. The highest BCUT2D eigenvalue weighted by molar-refractivity contribution is 5.92. The molecular weight excluding hydrogens is 190 g/mol. The number of hydrogen-bond donors (Lipinski definition) is 2. The fourth-order valence-electron chi connectivity index (χ4n) is 1.54. The Morgan fingerprint density at radius 2 is 2.00 bits per heavy atom. The molecule has 4 nitrogen and oxygen atoms in total. The van der Waals surface area contributed by atoms with Crippen LogP contribution >= 0.6 is 0 Å². The fourth-order valence-corrected chi connectivity index (χ4v) is 1.54. The van der Waals surface area contributed by atoms with Gasteiger partial charge in [0, 0.05) is 6.42 Å². The zero-order valence-corrected chi connectivity index (χ0v) is 8.53. The molecule has 1 aliphatic rings. The third-order valence-electron chi connectivity index (χ3n) is 2.29. The van der Waals surface area contributed by atoms with E-state index in [0.29, 0.717) is 6.42 Å². The second-order valence-corrected chi connectivity index (χ2v) is 3.53. The van der Waals surface area contributed by atoms with Crippen LogP contribution in [0.2, 0.25) is 0 Å². The van der Waals surface area contributed by atoms with Gasteiger partial charge in [0.1, 0.15) is 11.9 Å². The molecular formula is C11H13N3O. The van der Waals surface area contributed by atoms with E-state index in [9.17, 15) is 4.79 Å². The Morgan fingerprint density at radius 1 is 1.27 bits per heavy atom. The average Bonchev–Trinajstić information content (AvgIpc) is 2.25. The van der Waals surface area contributed by atoms with Gasteiger partial charge in [-0.05, 0) is 12.5 Å². The van der Waals surface area contributed by atoms with Crippen molar-refractivity contribution in [3.05, 3.63) is 35.9 Å². The lowest BCUT2D eigenvalue weighted by molar-refractivity contribution is -0.123. The molecule has 2 rings (SSSR count). The van der Waals surface area contributed by atoms with E-state index in [1.165, 1.54) is 0 Å². The molecule has 0 bridgehead atoms. The minimum absolute atomic E-state index is 0.0792. The van der Waals surface area contributed by atoms with Crippen LogP contribution in [0, 0.1) is 0 Å². The molecule has 0 saturated heterocycles. The monoisotopic (exact) mass is 203 g/mol. The van der Waals surface area contributed by atoms with Gasteiger partial charge >= 0.3 is 0 Å². The van der Waals surface area contributed by atoms with Crippen molar-refractivity contribution in [2.75, 3.05) is 0 Å². The lowest BCUT2D eigenvalue weighted by Crippen LogP contribution is -2.50. The molecule has 0 spiro atoms. The lowest BCUT2D eigenvalue weighted by Gasteiger charge is -2.20. The SMILES string of the molecule is CC1=NC(Cc2ccccc2)C(=O)NN1. The predicted molar refractivity (Wildman–Crippen MR) is 58.3 cm³/mol. The molecule has 0 radical (unpaired) electrons. The number of hydrazine groups is 1. The summed E-state index contributed by atoms with van der Waals surface area (Å²) in [4.78, 5) is 15.7. The Balaban J connectivity index is 2.11. The molecule has 0 fully saturated rings. The molecule has 0 aromatic heterocycles. The maximum atomic E-state index is 11.5. The third-order valence-corrected chi connectivity index (χ3v) is 2.29. The molecule has 4 heteroatoms. The number of nitrogens with one attached hydrogen (secondary N) is 2. The number of aliphatic imine (C=N–C) groups is 1. The summed E-state index contributed by atoms with van der Waals surface area (Å²) >= 11 is 0. The summed E-state index contributed by atoms with van der Waals surface area (Å²) < 4.78 is 0. The van der Waals surface area contributed by atoms with Crippen LogP contribution in [0.3, 0.4) is 0 Å². The summed E-state index contributed by atoms with van der Waals surface area (Å²) in [5.74, 6) is 0.667. The molecule has 78 valence electrons. The minimum atomic E-state index is -0.311. The van der Waals surface area contributed by atoms with Crippen molar-refractivity contribution in [1.82, 2.24) is 10.9 Å². The van der Waals surface area contributed by atoms with Gasteiger partial charge in [-0.3, -0.25) is 20.6 Å². The van der Waals surface area contributed by atoms with Crippen molar-refractivity contribution in [3.8, 4) is 0 Å². The van der Waals surface area contributed by atoms with Crippen LogP contribution in [0.1, 0.15) is 12.5 Å². The Bertz CT molecular complexity index is 386. The first-order chi connectivity index (χ1) is 7.25. The van der Waals surface area contributed by atoms with Gasteiger partial charge in [0.05, 0.1) is 0 Å². The number of nitrogens with zero attached hydrogens (tertiary/aromatic N) is 1. The Kier molecular flexibility index (Phi) is 2.67. The number of carbonyl (C=O) groups excluding carboxylic acids is 1. The quantitative estimate of drug-likeness (QED) is 0.741. The van der Waals surface area contributed by atoms with E-state index < -0.39 is 0 Å². The highest BCUT2D eigenvalue weighted by Gasteiger charge is 2.21. The second kappa shape index (κ2) is 4.13. The van der Waals surface area contributed by atoms with Gasteiger partial charge in [-0.2, -0.15) is 0 Å². The third kappa shape index (κ3) is 2.34. The molecule has 1 unspecified atom stereocenters. The minimum Gasteiger partial charge on any atom is -0.286 e. The van der Waals surface area contributed by atoms with Crippen molar-refractivity contribution in [2.45, 2.75) is 19.4 Å². The van der Waals surface area contributed by atoms with Crippen molar-refractivity contribution >= 4 is 11.7 Å². The van der Waals surface area contributed by atoms with E-state index in [4.69, 9.17) is 0 Å². The van der Waals surface area contributed by atoms with Gasteiger partial charge in [0.15, 0.2) is 0 Å². The van der Waals surface area contributed by atoms with Gasteiger partial charge < -0.3 is 0 Å². The second-order valence-electron chi connectivity index (χ2n) is 3.53. The van der Waals surface area contributed by atoms with E-state index in [1.54, 1.807) is 0 Å². The van der Waals surface area contributed by atoms with Crippen molar-refractivity contribution < 1.29 is 4.79 Å². The van der Waals surface area contributed by atoms with Gasteiger partial charge in [-0.25, -0.2) is 0 Å². The zero-order chi connectivity index (χ0) is 10.7. The number of rotatable bonds is 2.